The van der Waals surface area contributed by atoms with E-state index in [2.05, 4.69) is 5.32 Å². The molecule has 32 heavy (non-hydrogen) atoms. The molecule has 2 aliphatic rings. The van der Waals surface area contributed by atoms with Crippen molar-refractivity contribution in [2.24, 2.45) is 0 Å². The summed E-state index contributed by atoms with van der Waals surface area (Å²) in [5.74, 6) is 0.147. The Morgan fingerprint density at radius 2 is 1.88 bits per heavy atom. The minimum absolute atomic E-state index is 0.0541. The smallest absolute Gasteiger partial charge is 0.416 e. The number of nitrogens with zero attached hydrogens (tertiary/aromatic N) is 1. The highest BCUT2D eigenvalue weighted by molar-refractivity contribution is 6.31. The van der Waals surface area contributed by atoms with E-state index in [1.54, 1.807) is 11.0 Å². The predicted molar refractivity (Wildman–Crippen MR) is 109 cm³/mol. The van der Waals surface area contributed by atoms with Gasteiger partial charge in [0.05, 0.1) is 5.56 Å². The van der Waals surface area contributed by atoms with Crippen LogP contribution in [0.5, 0.6) is 11.5 Å². The normalized spacial score (nSPS) is 18.0. The number of fused-ring (bicyclic) bond motifs is 1. The van der Waals surface area contributed by atoms with Gasteiger partial charge >= 0.3 is 6.18 Å². The lowest BCUT2D eigenvalue weighted by Crippen LogP contribution is -2.35. The van der Waals surface area contributed by atoms with Gasteiger partial charge in [0.25, 0.3) is 0 Å². The second-order valence-corrected chi connectivity index (χ2v) is 8.19. The maximum Gasteiger partial charge on any atom is 0.416 e. The van der Waals surface area contributed by atoms with E-state index in [1.807, 2.05) is 6.07 Å². The average molecular weight is 473 g/mol. The van der Waals surface area contributed by atoms with Crippen LogP contribution in [-0.4, -0.2) is 30.2 Å². The third-order valence-electron chi connectivity index (χ3n) is 5.69. The van der Waals surface area contributed by atoms with Gasteiger partial charge in [-0.2, -0.15) is 13.2 Å². The van der Waals surface area contributed by atoms with Crippen LogP contribution in [0.3, 0.4) is 0 Å². The molecular weight excluding hydrogens is 452 g/mol. The first-order valence-electron chi connectivity index (χ1n) is 10.2. The Bertz CT molecular complexity index is 1020. The Labute approximate surface area is 187 Å². The van der Waals surface area contributed by atoms with Gasteiger partial charge in [0.15, 0.2) is 11.5 Å². The average Bonchev–Trinajstić information content (AvgIpc) is 3.32. The third kappa shape index (κ3) is 4.94. The maximum atomic E-state index is 14.2. The van der Waals surface area contributed by atoms with Gasteiger partial charge in [-0.25, -0.2) is 4.39 Å². The van der Waals surface area contributed by atoms with Crippen LogP contribution >= 0.6 is 11.6 Å². The minimum atomic E-state index is -4.61. The van der Waals surface area contributed by atoms with Crippen molar-refractivity contribution >= 4 is 17.5 Å². The Balaban J connectivity index is 1.33. The van der Waals surface area contributed by atoms with E-state index in [9.17, 15) is 22.4 Å². The van der Waals surface area contributed by atoms with Crippen molar-refractivity contribution in [3.63, 3.8) is 0 Å². The Kier molecular flexibility index (Phi) is 6.48. The number of carbonyl (C=O) groups is 1. The third-order valence-corrected chi connectivity index (χ3v) is 6.04. The summed E-state index contributed by atoms with van der Waals surface area (Å²) in [4.78, 5) is 13.8. The number of benzene rings is 2. The van der Waals surface area contributed by atoms with E-state index in [-0.39, 0.29) is 30.9 Å². The first-order valence-corrected chi connectivity index (χ1v) is 10.5. The molecule has 2 aromatic rings. The standard InChI is InChI=1S/C22H21ClF4N2O3/c23-17-9-20-19(31-12-32-20)7-14(17)10-28-6-5-16-3-4-21(30)29(16)11-13-1-2-15(8-18(13)24)22(25,26)27/h1-2,7-9,16,28H,3-6,10-12H2. The van der Waals surface area contributed by atoms with Crippen LogP contribution in [0.4, 0.5) is 17.6 Å². The van der Waals surface area contributed by atoms with Crippen LogP contribution < -0.4 is 14.8 Å². The van der Waals surface area contributed by atoms with E-state index in [0.717, 1.165) is 17.7 Å². The number of ether oxygens (including phenoxy) is 2. The molecule has 0 spiro atoms. The molecule has 0 bridgehead atoms. The van der Waals surface area contributed by atoms with Gasteiger partial charge < -0.3 is 19.7 Å². The van der Waals surface area contributed by atoms with Crippen molar-refractivity contribution in [3.8, 4) is 11.5 Å². The zero-order chi connectivity index (χ0) is 22.9. The van der Waals surface area contributed by atoms with Gasteiger partial charge in [-0.1, -0.05) is 17.7 Å². The quantitative estimate of drug-likeness (QED) is 0.460. The molecule has 4 rings (SSSR count). The number of halogens is 5. The van der Waals surface area contributed by atoms with Crippen LogP contribution in [0, 0.1) is 5.82 Å². The molecule has 0 aliphatic carbocycles. The number of likely N-dealkylation sites (tertiary alicyclic amines) is 1. The summed E-state index contributed by atoms with van der Waals surface area (Å²) in [5.41, 5.74) is -0.130. The summed E-state index contributed by atoms with van der Waals surface area (Å²) in [5, 5.41) is 3.83. The van der Waals surface area contributed by atoms with Gasteiger partial charge in [0, 0.05) is 42.2 Å². The van der Waals surface area contributed by atoms with Gasteiger partial charge in [-0.15, -0.1) is 0 Å². The molecule has 1 amide bonds. The highest BCUT2D eigenvalue weighted by atomic mass is 35.5. The monoisotopic (exact) mass is 472 g/mol. The summed E-state index contributed by atoms with van der Waals surface area (Å²) in [7, 11) is 0. The maximum absolute atomic E-state index is 14.2. The lowest BCUT2D eigenvalue weighted by atomic mass is 10.1. The van der Waals surface area contributed by atoms with Crippen LogP contribution in [0.25, 0.3) is 0 Å². The topological polar surface area (TPSA) is 50.8 Å². The fourth-order valence-electron chi connectivity index (χ4n) is 3.93. The summed E-state index contributed by atoms with van der Waals surface area (Å²) < 4.78 is 63.1. The first kappa shape index (κ1) is 22.7. The molecule has 2 aliphatic heterocycles. The SMILES string of the molecule is O=C1CCC(CCNCc2cc3c(cc2Cl)OCO3)N1Cc1ccc(C(F)(F)F)cc1F. The Morgan fingerprint density at radius 3 is 2.59 bits per heavy atom. The summed E-state index contributed by atoms with van der Waals surface area (Å²) >= 11 is 6.27. The zero-order valence-electron chi connectivity index (χ0n) is 17.0. The highest BCUT2D eigenvalue weighted by Crippen LogP contribution is 2.37. The van der Waals surface area contributed by atoms with Gasteiger partial charge in [-0.3, -0.25) is 4.79 Å². The fraction of sp³-hybridized carbons (Fsp3) is 0.409. The molecule has 172 valence electrons. The fourth-order valence-corrected chi connectivity index (χ4v) is 4.15. The Morgan fingerprint density at radius 1 is 1.12 bits per heavy atom. The molecule has 1 unspecified atom stereocenters. The Hall–Kier alpha value is -2.52. The molecule has 0 aromatic heterocycles. The molecular formula is C22H21ClF4N2O3. The molecule has 0 saturated carbocycles. The van der Waals surface area contributed by atoms with Crippen LogP contribution in [-0.2, 0) is 24.1 Å². The van der Waals surface area contributed by atoms with Gasteiger partial charge in [-0.05, 0) is 43.1 Å². The second-order valence-electron chi connectivity index (χ2n) is 7.78. The van der Waals surface area contributed by atoms with Crippen molar-refractivity contribution < 1.29 is 31.8 Å². The first-order chi connectivity index (χ1) is 15.2. The summed E-state index contributed by atoms with van der Waals surface area (Å²) in [6.45, 7) is 1.17. The molecule has 2 heterocycles. The lowest BCUT2D eigenvalue weighted by Gasteiger charge is -2.25. The second kappa shape index (κ2) is 9.15. The number of carbonyl (C=O) groups excluding carboxylic acids is 1. The number of hydrogen-bond acceptors (Lipinski definition) is 4. The zero-order valence-corrected chi connectivity index (χ0v) is 17.7. The molecule has 1 fully saturated rings. The van der Waals surface area contributed by atoms with Crippen molar-refractivity contribution in [1.29, 1.82) is 0 Å². The van der Waals surface area contributed by atoms with Crippen LogP contribution in [0.1, 0.15) is 36.0 Å². The van der Waals surface area contributed by atoms with E-state index < -0.39 is 17.6 Å². The van der Waals surface area contributed by atoms with Crippen LogP contribution in [0.15, 0.2) is 30.3 Å². The number of rotatable bonds is 7. The van der Waals surface area contributed by atoms with Crippen molar-refractivity contribution in [2.75, 3.05) is 13.3 Å². The lowest BCUT2D eigenvalue weighted by molar-refractivity contribution is -0.138. The number of hydrogen-bond donors (Lipinski definition) is 1. The summed E-state index contributed by atoms with van der Waals surface area (Å²) in [6.07, 6.45) is -3.04. The minimum Gasteiger partial charge on any atom is -0.454 e. The molecule has 1 atom stereocenters. The molecule has 0 radical (unpaired) electrons. The van der Waals surface area contributed by atoms with E-state index in [0.29, 0.717) is 54.9 Å². The van der Waals surface area contributed by atoms with E-state index >= 15 is 0 Å². The molecule has 1 saturated heterocycles. The van der Waals surface area contributed by atoms with E-state index in [1.165, 1.54) is 0 Å². The van der Waals surface area contributed by atoms with Crippen molar-refractivity contribution in [3.05, 3.63) is 57.9 Å². The highest BCUT2D eigenvalue weighted by Gasteiger charge is 2.33. The van der Waals surface area contributed by atoms with Crippen molar-refractivity contribution in [1.82, 2.24) is 10.2 Å². The van der Waals surface area contributed by atoms with Crippen molar-refractivity contribution in [2.45, 2.75) is 44.6 Å². The van der Waals surface area contributed by atoms with Gasteiger partial charge in [0.1, 0.15) is 5.82 Å². The number of amides is 1. The largest absolute Gasteiger partial charge is 0.454 e. The predicted octanol–water partition coefficient (Wildman–Crippen LogP) is 4.90. The molecule has 1 N–H and O–H groups in total. The number of alkyl halides is 3. The van der Waals surface area contributed by atoms with E-state index in [4.69, 9.17) is 21.1 Å². The molecule has 2 aromatic carbocycles. The molecule has 10 heteroatoms. The van der Waals surface area contributed by atoms with Gasteiger partial charge in [0.2, 0.25) is 12.7 Å². The number of nitrogens with one attached hydrogen (secondary N) is 1. The van der Waals surface area contributed by atoms with Crippen LogP contribution in [0.2, 0.25) is 5.02 Å². The summed E-state index contributed by atoms with van der Waals surface area (Å²) in [6, 6.07) is 5.81. The molecule has 5 nitrogen and oxygen atoms in total.